The van der Waals surface area contributed by atoms with Gasteiger partial charge >= 0.3 is 0 Å². The van der Waals surface area contributed by atoms with E-state index in [1.807, 2.05) is 48.5 Å². The normalized spacial score (nSPS) is 12.5. The molecule has 2 aromatic heterocycles. The minimum Gasteiger partial charge on any atom is -0.454 e. The van der Waals surface area contributed by atoms with Crippen molar-refractivity contribution in [3.63, 3.8) is 0 Å². The second-order valence-electron chi connectivity index (χ2n) is 6.80. The van der Waals surface area contributed by atoms with E-state index in [0.717, 1.165) is 21.5 Å². The lowest BCUT2D eigenvalue weighted by atomic mass is 10.2. The van der Waals surface area contributed by atoms with Gasteiger partial charge in [-0.15, -0.1) is 0 Å². The smallest absolute Gasteiger partial charge is 0.253 e. The second-order valence-corrected chi connectivity index (χ2v) is 8.25. The molecule has 0 saturated carbocycles. The number of nitrogens with zero attached hydrogens (tertiary/aromatic N) is 3. The number of pyridine rings is 1. The van der Waals surface area contributed by atoms with Crippen molar-refractivity contribution >= 4 is 50.3 Å². The largest absolute Gasteiger partial charge is 0.454 e. The second kappa shape index (κ2) is 8.37. The van der Waals surface area contributed by atoms with Crippen molar-refractivity contribution in [3.05, 3.63) is 83.2 Å². The van der Waals surface area contributed by atoms with Gasteiger partial charge in [0.2, 0.25) is 6.79 Å². The summed E-state index contributed by atoms with van der Waals surface area (Å²) in [6.45, 7) is 0.514. The number of amides is 1. The van der Waals surface area contributed by atoms with Gasteiger partial charge in [0.15, 0.2) is 16.6 Å². The van der Waals surface area contributed by atoms with Gasteiger partial charge in [-0.1, -0.05) is 35.1 Å². The van der Waals surface area contributed by atoms with E-state index in [2.05, 4.69) is 9.97 Å². The minimum atomic E-state index is -0.200. The number of halogens is 1. The van der Waals surface area contributed by atoms with Gasteiger partial charge < -0.3 is 9.47 Å². The van der Waals surface area contributed by atoms with Crippen LogP contribution in [0.5, 0.6) is 11.5 Å². The van der Waals surface area contributed by atoms with E-state index in [0.29, 0.717) is 28.2 Å². The van der Waals surface area contributed by atoms with Crippen molar-refractivity contribution in [1.29, 1.82) is 0 Å². The highest BCUT2D eigenvalue weighted by molar-refractivity contribution is 7.22. The summed E-state index contributed by atoms with van der Waals surface area (Å²) in [5.41, 5.74) is 2.40. The summed E-state index contributed by atoms with van der Waals surface area (Å²) >= 11 is 7.53. The molecule has 5 rings (SSSR count). The van der Waals surface area contributed by atoms with Crippen molar-refractivity contribution in [2.24, 2.45) is 0 Å². The van der Waals surface area contributed by atoms with Crippen LogP contribution in [0.15, 0.2) is 66.9 Å². The van der Waals surface area contributed by atoms with Gasteiger partial charge in [0.05, 0.1) is 22.5 Å². The van der Waals surface area contributed by atoms with Crippen LogP contribution in [0, 0.1) is 0 Å². The summed E-state index contributed by atoms with van der Waals surface area (Å²) in [6.07, 6.45) is 4.98. The lowest BCUT2D eigenvalue weighted by Crippen LogP contribution is -2.29. The zero-order valence-electron chi connectivity index (χ0n) is 16.2. The Bertz CT molecular complexity index is 1290. The lowest BCUT2D eigenvalue weighted by Gasteiger charge is -2.17. The van der Waals surface area contributed by atoms with E-state index in [1.165, 1.54) is 17.4 Å². The third-order valence-corrected chi connectivity index (χ3v) is 5.97. The highest BCUT2D eigenvalue weighted by Crippen LogP contribution is 2.33. The van der Waals surface area contributed by atoms with Gasteiger partial charge in [-0.25, -0.2) is 4.98 Å². The van der Waals surface area contributed by atoms with Crippen LogP contribution in [0.25, 0.3) is 16.3 Å². The van der Waals surface area contributed by atoms with E-state index in [4.69, 9.17) is 21.1 Å². The zero-order valence-corrected chi connectivity index (χ0v) is 17.8. The van der Waals surface area contributed by atoms with E-state index < -0.39 is 0 Å². The van der Waals surface area contributed by atoms with Gasteiger partial charge in [0.25, 0.3) is 5.91 Å². The molecule has 0 saturated heterocycles. The molecule has 1 amide bonds. The Balaban J connectivity index is 1.46. The molecule has 31 heavy (non-hydrogen) atoms. The van der Waals surface area contributed by atoms with Crippen molar-refractivity contribution in [1.82, 2.24) is 9.97 Å². The topological polar surface area (TPSA) is 64.6 Å². The van der Waals surface area contributed by atoms with E-state index >= 15 is 0 Å². The van der Waals surface area contributed by atoms with Crippen LogP contribution in [-0.4, -0.2) is 22.7 Å². The SMILES string of the molecule is O=C(/C=C/c1ccc2c(c1)OCO2)N(Cc1ccccn1)c1nc2ccc(Cl)cc2s1. The minimum absolute atomic E-state index is 0.200. The van der Waals surface area contributed by atoms with Crippen molar-refractivity contribution < 1.29 is 14.3 Å². The molecule has 0 radical (unpaired) electrons. The van der Waals surface area contributed by atoms with Crippen LogP contribution in [0.2, 0.25) is 5.02 Å². The molecule has 0 bridgehead atoms. The number of rotatable bonds is 5. The van der Waals surface area contributed by atoms with Crippen molar-refractivity contribution in [2.75, 3.05) is 11.7 Å². The zero-order chi connectivity index (χ0) is 21.2. The Morgan fingerprint density at radius 2 is 2.03 bits per heavy atom. The first-order valence-electron chi connectivity index (χ1n) is 9.51. The first kappa shape index (κ1) is 19.5. The Labute approximate surface area is 187 Å². The van der Waals surface area contributed by atoms with Crippen molar-refractivity contribution in [2.45, 2.75) is 6.54 Å². The van der Waals surface area contributed by atoms with Crippen LogP contribution in [0.1, 0.15) is 11.3 Å². The summed E-state index contributed by atoms with van der Waals surface area (Å²) in [4.78, 5) is 23.8. The molecule has 0 fully saturated rings. The molecule has 0 unspecified atom stereocenters. The van der Waals surface area contributed by atoms with E-state index in [9.17, 15) is 4.79 Å². The number of hydrogen-bond acceptors (Lipinski definition) is 6. The molecule has 0 aliphatic carbocycles. The lowest BCUT2D eigenvalue weighted by molar-refractivity contribution is -0.114. The molecule has 8 heteroatoms. The first-order valence-corrected chi connectivity index (χ1v) is 10.7. The molecule has 0 atom stereocenters. The molecular formula is C23H16ClN3O3S. The average Bonchev–Trinajstić information content (AvgIpc) is 3.42. The monoisotopic (exact) mass is 449 g/mol. The number of carbonyl (C=O) groups excluding carboxylic acids is 1. The van der Waals surface area contributed by atoms with Crippen LogP contribution >= 0.6 is 22.9 Å². The number of benzene rings is 2. The van der Waals surface area contributed by atoms with Crippen LogP contribution in [0.3, 0.4) is 0 Å². The average molecular weight is 450 g/mol. The molecule has 0 N–H and O–H groups in total. The quantitative estimate of drug-likeness (QED) is 0.386. The molecule has 1 aliphatic rings. The number of aromatic nitrogens is 2. The Morgan fingerprint density at radius 3 is 2.90 bits per heavy atom. The molecule has 2 aromatic carbocycles. The summed E-state index contributed by atoms with van der Waals surface area (Å²) in [5, 5.41) is 1.22. The maximum absolute atomic E-state index is 13.2. The fourth-order valence-corrected chi connectivity index (χ4v) is 4.42. The van der Waals surface area contributed by atoms with Gasteiger partial charge in [-0.2, -0.15) is 0 Å². The summed E-state index contributed by atoms with van der Waals surface area (Å²) < 4.78 is 11.7. The molecular weight excluding hydrogens is 434 g/mol. The van der Waals surface area contributed by atoms with Crippen LogP contribution in [-0.2, 0) is 11.3 Å². The summed E-state index contributed by atoms with van der Waals surface area (Å²) in [6, 6.07) is 16.7. The predicted octanol–water partition coefficient (Wildman–Crippen LogP) is 5.32. The Morgan fingerprint density at radius 1 is 1.13 bits per heavy atom. The Kier molecular flexibility index (Phi) is 5.28. The van der Waals surface area contributed by atoms with Gasteiger partial charge in [0, 0.05) is 17.3 Å². The number of thiazole rings is 1. The highest BCUT2D eigenvalue weighted by atomic mass is 35.5. The molecule has 6 nitrogen and oxygen atoms in total. The fraction of sp³-hybridized carbons (Fsp3) is 0.0870. The molecule has 1 aliphatic heterocycles. The third kappa shape index (κ3) is 4.23. The van der Waals surface area contributed by atoms with Gasteiger partial charge in [0.1, 0.15) is 0 Å². The van der Waals surface area contributed by atoms with Gasteiger partial charge in [-0.3, -0.25) is 14.7 Å². The number of carbonyl (C=O) groups is 1. The third-order valence-electron chi connectivity index (χ3n) is 4.70. The fourth-order valence-electron chi connectivity index (χ4n) is 3.17. The maximum Gasteiger partial charge on any atom is 0.253 e. The number of anilines is 1. The van der Waals surface area contributed by atoms with E-state index in [1.54, 1.807) is 23.2 Å². The molecule has 0 spiro atoms. The van der Waals surface area contributed by atoms with Gasteiger partial charge in [-0.05, 0) is 54.1 Å². The number of hydrogen-bond donors (Lipinski definition) is 0. The van der Waals surface area contributed by atoms with E-state index in [-0.39, 0.29) is 12.7 Å². The first-order chi connectivity index (χ1) is 15.2. The number of ether oxygens (including phenoxy) is 2. The highest BCUT2D eigenvalue weighted by Gasteiger charge is 2.19. The summed E-state index contributed by atoms with van der Waals surface area (Å²) in [5.74, 6) is 1.17. The predicted molar refractivity (Wildman–Crippen MR) is 122 cm³/mol. The molecule has 154 valence electrons. The van der Waals surface area contributed by atoms with Crippen LogP contribution < -0.4 is 14.4 Å². The van der Waals surface area contributed by atoms with Crippen LogP contribution in [0.4, 0.5) is 5.13 Å². The van der Waals surface area contributed by atoms with Crippen molar-refractivity contribution in [3.8, 4) is 11.5 Å². The standard InChI is InChI=1S/C23H16ClN3O3S/c24-16-6-7-18-21(12-16)31-23(26-18)27(13-17-3-1-2-10-25-17)22(28)9-5-15-4-8-19-20(11-15)30-14-29-19/h1-12H,13-14H2/b9-5+. The summed E-state index contributed by atoms with van der Waals surface area (Å²) in [7, 11) is 0. The maximum atomic E-state index is 13.2. The number of fused-ring (bicyclic) bond motifs is 2. The molecule has 3 heterocycles. The Hall–Kier alpha value is -3.42. The molecule has 4 aromatic rings.